The summed E-state index contributed by atoms with van der Waals surface area (Å²) in [5.41, 5.74) is 2.12. The number of benzene rings is 2. The number of nitrogens with one attached hydrogen (secondary N) is 1. The molecule has 1 aromatic heterocycles. The molecule has 5 heteroatoms. The third-order valence-corrected chi connectivity index (χ3v) is 4.15. The summed E-state index contributed by atoms with van der Waals surface area (Å²) in [4.78, 5) is 28.4. The number of ketones is 1. The summed E-state index contributed by atoms with van der Waals surface area (Å²) in [5, 5.41) is 3.75. The minimum absolute atomic E-state index is 0.0470. The second-order valence-corrected chi connectivity index (χ2v) is 6.31. The van der Waals surface area contributed by atoms with Crippen LogP contribution in [0.1, 0.15) is 23.2 Å². The number of halogens is 1. The number of fused-ring (bicyclic) bond motifs is 1. The van der Waals surface area contributed by atoms with E-state index in [9.17, 15) is 9.59 Å². The first-order chi connectivity index (χ1) is 11.6. The fourth-order valence-corrected chi connectivity index (χ4v) is 2.63. The van der Waals surface area contributed by atoms with Crippen LogP contribution in [-0.2, 0) is 4.79 Å². The Morgan fingerprint density at radius 3 is 2.54 bits per heavy atom. The Labute approximate surface area is 148 Å². The molecule has 0 atom stereocenters. The number of hydrogen-bond acceptors (Lipinski definition) is 3. The Hall–Kier alpha value is -2.53. The summed E-state index contributed by atoms with van der Waals surface area (Å²) in [7, 11) is 0. The summed E-state index contributed by atoms with van der Waals surface area (Å²) in [6, 6.07) is 16.7. The second-order valence-electron chi connectivity index (χ2n) is 5.39. The van der Waals surface area contributed by atoms with Gasteiger partial charge in [0.25, 0.3) is 0 Å². The quantitative estimate of drug-likeness (QED) is 0.656. The number of para-hydroxylation sites is 1. The summed E-state index contributed by atoms with van der Waals surface area (Å²) in [5.74, 6) is -0.244. The third kappa shape index (κ3) is 4.06. The number of Topliss-reactive ketones (excluding diaryl/α,β-unsaturated/α-hetero) is 1. The Bertz CT molecular complexity index is 891. The van der Waals surface area contributed by atoms with Gasteiger partial charge in [0.1, 0.15) is 0 Å². The van der Waals surface area contributed by atoms with E-state index >= 15 is 0 Å². The van der Waals surface area contributed by atoms with Crippen LogP contribution >= 0.6 is 15.9 Å². The van der Waals surface area contributed by atoms with Crippen LogP contribution in [0.3, 0.4) is 0 Å². The number of nitrogens with zero attached hydrogens (tertiary/aromatic N) is 1. The maximum atomic E-state index is 12.1. The second kappa shape index (κ2) is 7.36. The van der Waals surface area contributed by atoms with E-state index in [1.54, 1.807) is 18.3 Å². The van der Waals surface area contributed by atoms with Crippen LogP contribution in [0.2, 0.25) is 0 Å². The fourth-order valence-electron chi connectivity index (χ4n) is 2.37. The molecule has 24 heavy (non-hydrogen) atoms. The van der Waals surface area contributed by atoms with Crippen LogP contribution in [0, 0.1) is 0 Å². The van der Waals surface area contributed by atoms with Gasteiger partial charge in [-0.1, -0.05) is 46.3 Å². The van der Waals surface area contributed by atoms with E-state index in [4.69, 9.17) is 0 Å². The molecule has 1 amide bonds. The van der Waals surface area contributed by atoms with Crippen molar-refractivity contribution < 1.29 is 9.59 Å². The minimum atomic E-state index is -0.197. The van der Waals surface area contributed by atoms with Crippen LogP contribution in [-0.4, -0.2) is 16.7 Å². The third-order valence-electron chi connectivity index (χ3n) is 3.62. The molecule has 3 rings (SSSR count). The number of amides is 1. The predicted molar refractivity (Wildman–Crippen MR) is 98.1 cm³/mol. The number of hydrogen-bond donors (Lipinski definition) is 1. The minimum Gasteiger partial charge on any atom is -0.325 e. The van der Waals surface area contributed by atoms with Crippen molar-refractivity contribution in [2.45, 2.75) is 12.8 Å². The van der Waals surface area contributed by atoms with Crippen LogP contribution < -0.4 is 5.32 Å². The van der Waals surface area contributed by atoms with Gasteiger partial charge in [-0.05, 0) is 24.3 Å². The molecule has 0 aliphatic rings. The molecule has 0 unspecified atom stereocenters. The van der Waals surface area contributed by atoms with E-state index in [-0.39, 0.29) is 24.5 Å². The largest absolute Gasteiger partial charge is 0.325 e. The van der Waals surface area contributed by atoms with Gasteiger partial charge in [-0.15, -0.1) is 0 Å². The van der Waals surface area contributed by atoms with E-state index in [0.717, 1.165) is 15.4 Å². The maximum absolute atomic E-state index is 12.1. The molecule has 0 aliphatic heterocycles. The molecule has 0 saturated heterocycles. The molecule has 120 valence electrons. The number of anilines is 1. The van der Waals surface area contributed by atoms with Crippen LogP contribution in [0.25, 0.3) is 10.9 Å². The number of pyridine rings is 1. The molecule has 0 radical (unpaired) electrons. The van der Waals surface area contributed by atoms with Crippen molar-refractivity contribution in [1.82, 2.24) is 4.98 Å². The van der Waals surface area contributed by atoms with Crippen molar-refractivity contribution >= 4 is 44.2 Å². The maximum Gasteiger partial charge on any atom is 0.224 e. The lowest BCUT2D eigenvalue weighted by molar-refractivity contribution is -0.116. The first-order valence-electron chi connectivity index (χ1n) is 7.55. The Morgan fingerprint density at radius 1 is 1.00 bits per heavy atom. The zero-order chi connectivity index (χ0) is 16.9. The summed E-state index contributed by atoms with van der Waals surface area (Å²) < 4.78 is 0.917. The Morgan fingerprint density at radius 2 is 1.75 bits per heavy atom. The zero-order valence-electron chi connectivity index (χ0n) is 12.8. The van der Waals surface area contributed by atoms with Crippen LogP contribution in [0.5, 0.6) is 0 Å². The van der Waals surface area contributed by atoms with Crippen LogP contribution in [0.4, 0.5) is 5.69 Å². The highest BCUT2D eigenvalue weighted by atomic mass is 79.9. The van der Waals surface area contributed by atoms with Crippen molar-refractivity contribution in [3.05, 3.63) is 70.8 Å². The van der Waals surface area contributed by atoms with Gasteiger partial charge < -0.3 is 5.32 Å². The average Bonchev–Trinajstić information content (AvgIpc) is 2.60. The highest BCUT2D eigenvalue weighted by Crippen LogP contribution is 2.17. The van der Waals surface area contributed by atoms with Gasteiger partial charge in [0.15, 0.2) is 5.78 Å². The first-order valence-corrected chi connectivity index (χ1v) is 8.34. The SMILES string of the molecule is O=C(CCC(=O)c1ccc(Br)cc1)Nc1cnc2ccccc2c1. The molecule has 0 spiro atoms. The smallest absolute Gasteiger partial charge is 0.224 e. The molecule has 0 aliphatic carbocycles. The Balaban J connectivity index is 1.58. The summed E-state index contributed by atoms with van der Waals surface area (Å²) in [6.45, 7) is 0. The van der Waals surface area contributed by atoms with E-state index in [2.05, 4.69) is 26.2 Å². The van der Waals surface area contributed by atoms with Gasteiger partial charge in [0, 0.05) is 28.3 Å². The van der Waals surface area contributed by atoms with Gasteiger partial charge in [0.2, 0.25) is 5.91 Å². The predicted octanol–water partition coefficient (Wildman–Crippen LogP) is 4.60. The van der Waals surface area contributed by atoms with E-state index < -0.39 is 0 Å². The van der Waals surface area contributed by atoms with Crippen molar-refractivity contribution in [2.75, 3.05) is 5.32 Å². The van der Waals surface area contributed by atoms with E-state index in [1.807, 2.05) is 42.5 Å². The number of aromatic nitrogens is 1. The molecule has 1 N–H and O–H groups in total. The van der Waals surface area contributed by atoms with Crippen LogP contribution in [0.15, 0.2) is 65.3 Å². The van der Waals surface area contributed by atoms with Gasteiger partial charge in [-0.3, -0.25) is 14.6 Å². The number of carbonyl (C=O) groups is 2. The lowest BCUT2D eigenvalue weighted by atomic mass is 10.1. The van der Waals surface area contributed by atoms with E-state index in [0.29, 0.717) is 11.3 Å². The van der Waals surface area contributed by atoms with Gasteiger partial charge >= 0.3 is 0 Å². The molecule has 3 aromatic rings. The molecule has 0 fully saturated rings. The standard InChI is InChI=1S/C19H15BrN2O2/c20-15-7-5-13(6-8-15)18(23)9-10-19(24)22-16-11-14-3-1-2-4-17(14)21-12-16/h1-8,11-12H,9-10H2,(H,22,24). The fraction of sp³-hybridized carbons (Fsp3) is 0.105. The lowest BCUT2D eigenvalue weighted by Crippen LogP contribution is -2.13. The monoisotopic (exact) mass is 382 g/mol. The highest BCUT2D eigenvalue weighted by molar-refractivity contribution is 9.10. The first kappa shape index (κ1) is 16.3. The van der Waals surface area contributed by atoms with Crippen molar-refractivity contribution in [3.8, 4) is 0 Å². The molecule has 2 aromatic carbocycles. The average molecular weight is 383 g/mol. The summed E-state index contributed by atoms with van der Waals surface area (Å²) in [6.07, 6.45) is 1.94. The van der Waals surface area contributed by atoms with Gasteiger partial charge in [0.05, 0.1) is 17.4 Å². The Kier molecular flexibility index (Phi) is 5.01. The van der Waals surface area contributed by atoms with Gasteiger partial charge in [-0.2, -0.15) is 0 Å². The van der Waals surface area contributed by atoms with Crippen molar-refractivity contribution in [3.63, 3.8) is 0 Å². The molecular weight excluding hydrogens is 368 g/mol. The van der Waals surface area contributed by atoms with Crippen molar-refractivity contribution in [1.29, 1.82) is 0 Å². The topological polar surface area (TPSA) is 59.1 Å². The van der Waals surface area contributed by atoms with Gasteiger partial charge in [-0.25, -0.2) is 0 Å². The number of carbonyl (C=O) groups excluding carboxylic acids is 2. The lowest BCUT2D eigenvalue weighted by Gasteiger charge is -2.06. The highest BCUT2D eigenvalue weighted by Gasteiger charge is 2.10. The zero-order valence-corrected chi connectivity index (χ0v) is 14.4. The normalized spacial score (nSPS) is 10.5. The van der Waals surface area contributed by atoms with E-state index in [1.165, 1.54) is 0 Å². The molecule has 4 nitrogen and oxygen atoms in total. The molecule has 1 heterocycles. The summed E-state index contributed by atoms with van der Waals surface area (Å²) >= 11 is 3.33. The van der Waals surface area contributed by atoms with Crippen molar-refractivity contribution in [2.24, 2.45) is 0 Å². The number of rotatable bonds is 5. The molecular formula is C19H15BrN2O2. The molecule has 0 saturated carbocycles. The molecule has 0 bridgehead atoms.